The zero-order valence-electron chi connectivity index (χ0n) is 14.4. The smallest absolute Gasteiger partial charge is 0.270 e. The van der Waals surface area contributed by atoms with Crippen molar-refractivity contribution in [1.29, 1.82) is 0 Å². The number of halogens is 1. The van der Waals surface area contributed by atoms with Crippen LogP contribution in [-0.4, -0.2) is 29.2 Å². The highest BCUT2D eigenvalue weighted by atomic mass is 79.9. The minimum atomic E-state index is -0.483. The molecule has 0 atom stereocenters. The van der Waals surface area contributed by atoms with Crippen molar-refractivity contribution >= 4 is 73.3 Å². The van der Waals surface area contributed by atoms with Gasteiger partial charge in [-0.1, -0.05) is 30.0 Å². The van der Waals surface area contributed by atoms with Crippen molar-refractivity contribution in [1.82, 2.24) is 0 Å². The maximum absolute atomic E-state index is 12.8. The molecule has 0 unspecified atom stereocenters. The highest BCUT2D eigenvalue weighted by Crippen LogP contribution is 2.37. The average molecular weight is 464 g/mol. The Bertz CT molecular complexity index is 974. The fraction of sp³-hybridized carbons (Fsp3) is 0.111. The second-order valence-corrected chi connectivity index (χ2v) is 8.43. The summed E-state index contributed by atoms with van der Waals surface area (Å²) in [6.45, 7) is 0. The minimum Gasteiger partial charge on any atom is -0.377 e. The van der Waals surface area contributed by atoms with Crippen LogP contribution in [0.2, 0.25) is 0 Å². The van der Waals surface area contributed by atoms with E-state index in [0.29, 0.717) is 14.9 Å². The lowest BCUT2D eigenvalue weighted by atomic mass is 10.2. The van der Waals surface area contributed by atoms with Crippen molar-refractivity contribution in [3.05, 3.63) is 67.5 Å². The van der Waals surface area contributed by atoms with Crippen LogP contribution in [0, 0.1) is 10.1 Å². The van der Waals surface area contributed by atoms with Crippen LogP contribution >= 0.6 is 39.9 Å². The molecule has 3 rings (SSSR count). The third-order valence-electron chi connectivity index (χ3n) is 3.86. The number of non-ortho nitro benzene ring substituents is 1. The monoisotopic (exact) mass is 463 g/mol. The summed E-state index contributed by atoms with van der Waals surface area (Å²) in [4.78, 5) is 27.0. The van der Waals surface area contributed by atoms with Crippen LogP contribution in [0.4, 0.5) is 17.1 Å². The summed E-state index contributed by atoms with van der Waals surface area (Å²) in [6.07, 6.45) is 1.79. The number of nitro groups is 1. The van der Waals surface area contributed by atoms with E-state index in [1.165, 1.54) is 40.9 Å². The Balaban J connectivity index is 1.88. The van der Waals surface area contributed by atoms with Gasteiger partial charge in [0, 0.05) is 30.7 Å². The summed E-state index contributed by atoms with van der Waals surface area (Å²) < 4.78 is 1.32. The first kappa shape index (κ1) is 19.5. The Hall–Kier alpha value is -2.23. The highest BCUT2D eigenvalue weighted by molar-refractivity contribution is 9.10. The number of thiocarbonyl (C=S) groups is 1. The molecule has 1 fully saturated rings. The molecule has 1 heterocycles. The molecular weight excluding hydrogens is 450 g/mol. The summed E-state index contributed by atoms with van der Waals surface area (Å²) in [6, 6.07) is 11.6. The van der Waals surface area contributed by atoms with E-state index in [1.54, 1.807) is 6.08 Å². The first-order chi connectivity index (χ1) is 12.8. The molecule has 138 valence electrons. The van der Waals surface area contributed by atoms with Gasteiger partial charge in [-0.3, -0.25) is 19.8 Å². The molecule has 27 heavy (non-hydrogen) atoms. The number of carbonyl (C=O) groups excluding carboxylic acids is 1. The number of anilines is 2. The van der Waals surface area contributed by atoms with Gasteiger partial charge >= 0.3 is 0 Å². The van der Waals surface area contributed by atoms with Gasteiger partial charge in [0.25, 0.3) is 11.6 Å². The number of thioether (sulfide) groups is 1. The van der Waals surface area contributed by atoms with Crippen LogP contribution in [-0.2, 0) is 4.79 Å². The molecule has 1 aliphatic rings. The quantitative estimate of drug-likeness (QED) is 0.280. The molecule has 1 amide bonds. The summed E-state index contributed by atoms with van der Waals surface area (Å²) in [7, 11) is 3.91. The van der Waals surface area contributed by atoms with Crippen molar-refractivity contribution in [2.24, 2.45) is 0 Å². The molecule has 1 aliphatic heterocycles. The molecule has 2 aromatic rings. The first-order valence-corrected chi connectivity index (χ1v) is 9.79. The Labute approximate surface area is 174 Å². The molecule has 0 spiro atoms. The van der Waals surface area contributed by atoms with Gasteiger partial charge in [-0.15, -0.1) is 0 Å². The van der Waals surface area contributed by atoms with E-state index in [0.717, 1.165) is 15.7 Å². The molecular formula is C18H14BrN3O3S2. The van der Waals surface area contributed by atoms with Crippen LogP contribution < -0.4 is 9.80 Å². The minimum absolute atomic E-state index is 0.0365. The van der Waals surface area contributed by atoms with Gasteiger partial charge in [0.05, 0.1) is 21.2 Å². The number of carbonyl (C=O) groups is 1. The van der Waals surface area contributed by atoms with Crippen molar-refractivity contribution in [2.75, 3.05) is 23.9 Å². The average Bonchev–Trinajstić information content (AvgIpc) is 2.88. The highest BCUT2D eigenvalue weighted by Gasteiger charge is 2.33. The Kier molecular flexibility index (Phi) is 5.64. The molecule has 9 heteroatoms. The van der Waals surface area contributed by atoms with Crippen molar-refractivity contribution in [2.45, 2.75) is 0 Å². The van der Waals surface area contributed by atoms with E-state index in [2.05, 4.69) is 15.9 Å². The Morgan fingerprint density at radius 3 is 2.44 bits per heavy atom. The van der Waals surface area contributed by atoms with Crippen LogP contribution in [0.15, 0.2) is 51.8 Å². The van der Waals surface area contributed by atoms with Crippen molar-refractivity contribution in [3.8, 4) is 0 Å². The molecule has 0 saturated carbocycles. The molecule has 0 aromatic heterocycles. The Morgan fingerprint density at radius 2 is 1.89 bits per heavy atom. The fourth-order valence-electron chi connectivity index (χ4n) is 2.54. The van der Waals surface area contributed by atoms with E-state index in [1.807, 2.05) is 37.2 Å². The number of hydrogen-bond donors (Lipinski definition) is 0. The molecule has 2 aromatic carbocycles. The fourth-order valence-corrected chi connectivity index (χ4v) is 4.59. The van der Waals surface area contributed by atoms with Gasteiger partial charge < -0.3 is 4.90 Å². The van der Waals surface area contributed by atoms with Crippen LogP contribution in [0.5, 0.6) is 0 Å². The number of amides is 1. The largest absolute Gasteiger partial charge is 0.377 e. The van der Waals surface area contributed by atoms with Gasteiger partial charge in [0.2, 0.25) is 0 Å². The number of benzene rings is 2. The molecule has 0 bridgehead atoms. The number of nitrogens with zero attached hydrogens (tertiary/aromatic N) is 3. The summed E-state index contributed by atoms with van der Waals surface area (Å²) >= 11 is 10.1. The number of rotatable bonds is 4. The third kappa shape index (κ3) is 4.05. The molecule has 0 N–H and O–H groups in total. The third-order valence-corrected chi connectivity index (χ3v) is 5.80. The normalized spacial score (nSPS) is 15.5. The predicted octanol–water partition coefficient (Wildman–Crippen LogP) is 4.83. The van der Waals surface area contributed by atoms with Gasteiger partial charge in [0.15, 0.2) is 4.32 Å². The van der Waals surface area contributed by atoms with E-state index in [-0.39, 0.29) is 11.6 Å². The summed E-state index contributed by atoms with van der Waals surface area (Å²) in [5.74, 6) is -0.244. The predicted molar refractivity (Wildman–Crippen MR) is 117 cm³/mol. The topological polar surface area (TPSA) is 66.7 Å². The number of nitro benzene ring substituents is 1. The SMILES string of the molecule is CN(C)c1ccc(/C=C2/SC(=S)N(c3ccc([N+](=O)[O-])cc3)C2=O)cc1Br. The van der Waals surface area contributed by atoms with Crippen molar-refractivity contribution < 1.29 is 9.72 Å². The lowest BCUT2D eigenvalue weighted by Crippen LogP contribution is -2.27. The van der Waals surface area contributed by atoms with Gasteiger partial charge in [-0.05, 0) is 51.8 Å². The second kappa shape index (κ2) is 7.79. The molecule has 6 nitrogen and oxygen atoms in total. The summed E-state index contributed by atoms with van der Waals surface area (Å²) in [5, 5.41) is 10.8. The summed E-state index contributed by atoms with van der Waals surface area (Å²) in [5.41, 5.74) is 2.38. The van der Waals surface area contributed by atoms with E-state index < -0.39 is 4.92 Å². The van der Waals surface area contributed by atoms with Crippen molar-refractivity contribution in [3.63, 3.8) is 0 Å². The van der Waals surface area contributed by atoms with Crippen LogP contribution in [0.3, 0.4) is 0 Å². The maximum atomic E-state index is 12.8. The van der Waals surface area contributed by atoms with Gasteiger partial charge in [-0.2, -0.15) is 0 Å². The zero-order valence-corrected chi connectivity index (χ0v) is 17.6. The zero-order chi connectivity index (χ0) is 19.7. The molecule has 0 radical (unpaired) electrons. The van der Waals surface area contributed by atoms with Gasteiger partial charge in [-0.25, -0.2) is 0 Å². The second-order valence-electron chi connectivity index (χ2n) is 5.90. The first-order valence-electron chi connectivity index (χ1n) is 7.77. The van der Waals surface area contributed by atoms with Crippen LogP contribution in [0.1, 0.15) is 5.56 Å². The van der Waals surface area contributed by atoms with E-state index in [4.69, 9.17) is 12.2 Å². The molecule has 0 aliphatic carbocycles. The number of hydrogen-bond acceptors (Lipinski definition) is 6. The lowest BCUT2D eigenvalue weighted by Gasteiger charge is -2.15. The Morgan fingerprint density at radius 1 is 1.22 bits per heavy atom. The van der Waals surface area contributed by atoms with E-state index in [9.17, 15) is 14.9 Å². The maximum Gasteiger partial charge on any atom is 0.270 e. The van der Waals surface area contributed by atoms with Gasteiger partial charge in [0.1, 0.15) is 0 Å². The lowest BCUT2D eigenvalue weighted by molar-refractivity contribution is -0.384. The standard InChI is InChI=1S/C18H14BrN3O3S2/c1-20(2)15-8-3-11(9-14(15)19)10-16-17(23)21(18(26)27-16)12-4-6-13(7-5-12)22(24)25/h3-10H,1-2H3/b16-10+. The van der Waals surface area contributed by atoms with Crippen LogP contribution in [0.25, 0.3) is 6.08 Å². The van der Waals surface area contributed by atoms with E-state index >= 15 is 0 Å². The molecule has 1 saturated heterocycles.